The third-order valence-corrected chi connectivity index (χ3v) is 3.17. The maximum atomic E-state index is 12.1. The van der Waals surface area contributed by atoms with Crippen LogP contribution in [0.2, 0.25) is 0 Å². The Balaban J connectivity index is 2.99. The van der Waals surface area contributed by atoms with Crippen molar-refractivity contribution < 1.29 is 14.7 Å². The monoisotopic (exact) mass is 257 g/mol. The number of anilines is 1. The van der Waals surface area contributed by atoms with Crippen molar-refractivity contribution in [3.05, 3.63) is 10.6 Å². The molecule has 0 unspecified atom stereocenters. The lowest BCUT2D eigenvalue weighted by Crippen LogP contribution is -2.40. The highest BCUT2D eigenvalue weighted by Crippen LogP contribution is 2.22. The number of aromatic nitrogens is 1. The molecule has 0 aliphatic carbocycles. The van der Waals surface area contributed by atoms with Crippen LogP contribution < -0.4 is 5.73 Å². The average Bonchev–Trinajstić information content (AvgIpc) is 2.52. The Bertz CT molecular complexity index is 442. The Morgan fingerprint density at radius 3 is 2.47 bits per heavy atom. The summed E-state index contributed by atoms with van der Waals surface area (Å²) in [5.41, 5.74) is 6.05. The van der Waals surface area contributed by atoms with Gasteiger partial charge in [0.05, 0.1) is 5.69 Å². The fourth-order valence-corrected chi connectivity index (χ4v) is 2.17. The molecule has 7 heteroatoms. The number of aliphatic carboxylic acids is 1. The number of thiazole rings is 1. The van der Waals surface area contributed by atoms with Crippen molar-refractivity contribution in [2.45, 2.75) is 26.8 Å². The predicted molar refractivity (Wildman–Crippen MR) is 65.1 cm³/mol. The number of nitrogens with two attached hydrogens (primary N) is 1. The molecule has 0 aliphatic heterocycles. The zero-order chi connectivity index (χ0) is 13.2. The first-order chi connectivity index (χ1) is 7.82. The zero-order valence-corrected chi connectivity index (χ0v) is 10.7. The van der Waals surface area contributed by atoms with Gasteiger partial charge in [-0.15, -0.1) is 0 Å². The summed E-state index contributed by atoms with van der Waals surface area (Å²) in [4.78, 5) is 28.5. The summed E-state index contributed by atoms with van der Waals surface area (Å²) in [6.45, 7) is 4.88. The van der Waals surface area contributed by atoms with Crippen LogP contribution >= 0.6 is 11.3 Å². The Morgan fingerprint density at radius 1 is 1.53 bits per heavy atom. The van der Waals surface area contributed by atoms with E-state index in [4.69, 9.17) is 10.8 Å². The van der Waals surface area contributed by atoms with E-state index in [9.17, 15) is 9.59 Å². The van der Waals surface area contributed by atoms with Crippen LogP contribution in [0.1, 0.15) is 29.2 Å². The van der Waals surface area contributed by atoms with Gasteiger partial charge in [-0.25, -0.2) is 4.98 Å². The summed E-state index contributed by atoms with van der Waals surface area (Å²) in [6, 6.07) is -0.193. The number of rotatable bonds is 4. The molecule has 1 rings (SSSR count). The largest absolute Gasteiger partial charge is 0.480 e. The quantitative estimate of drug-likeness (QED) is 0.837. The molecule has 0 bridgehead atoms. The number of amides is 1. The molecule has 0 aliphatic rings. The number of nitrogen functional groups attached to an aromatic ring is 1. The standard InChI is InChI=1S/C10H15N3O3S/c1-5(2)13(4-7(14)15)9(16)8-6(3)12-10(11)17-8/h5H,4H2,1-3H3,(H2,11,12)(H,14,15). The Morgan fingerprint density at radius 2 is 2.12 bits per heavy atom. The lowest BCUT2D eigenvalue weighted by Gasteiger charge is -2.24. The van der Waals surface area contributed by atoms with Crippen LogP contribution in [0, 0.1) is 6.92 Å². The second kappa shape index (κ2) is 5.13. The normalized spacial score (nSPS) is 10.6. The molecule has 3 N–H and O–H groups in total. The molecule has 0 fully saturated rings. The minimum absolute atomic E-state index is 0.193. The van der Waals surface area contributed by atoms with Crippen molar-refractivity contribution >= 4 is 28.3 Å². The van der Waals surface area contributed by atoms with E-state index in [2.05, 4.69) is 4.98 Å². The summed E-state index contributed by atoms with van der Waals surface area (Å²) in [5, 5.41) is 9.08. The van der Waals surface area contributed by atoms with Gasteiger partial charge in [0.15, 0.2) is 5.13 Å². The first-order valence-electron chi connectivity index (χ1n) is 5.08. The van der Waals surface area contributed by atoms with E-state index < -0.39 is 5.97 Å². The van der Waals surface area contributed by atoms with Crippen molar-refractivity contribution in [3.63, 3.8) is 0 Å². The maximum absolute atomic E-state index is 12.1. The van der Waals surface area contributed by atoms with Crippen LogP contribution in [0.25, 0.3) is 0 Å². The SMILES string of the molecule is Cc1nc(N)sc1C(=O)N(CC(=O)O)C(C)C. The van der Waals surface area contributed by atoms with Gasteiger partial charge in [-0.1, -0.05) is 11.3 Å². The third-order valence-electron chi connectivity index (χ3n) is 2.20. The second-order valence-corrected chi connectivity index (χ2v) is 4.92. The van der Waals surface area contributed by atoms with Crippen LogP contribution in [0.5, 0.6) is 0 Å². The molecule has 1 aromatic rings. The molecule has 0 radical (unpaired) electrons. The zero-order valence-electron chi connectivity index (χ0n) is 9.93. The lowest BCUT2D eigenvalue weighted by molar-refractivity contribution is -0.138. The summed E-state index contributed by atoms with van der Waals surface area (Å²) in [6.07, 6.45) is 0. The number of carboxylic acid groups (broad SMARTS) is 1. The van der Waals surface area contributed by atoms with E-state index >= 15 is 0 Å². The van der Waals surface area contributed by atoms with E-state index in [-0.39, 0.29) is 18.5 Å². The second-order valence-electron chi connectivity index (χ2n) is 3.89. The van der Waals surface area contributed by atoms with Crippen LogP contribution in [0.3, 0.4) is 0 Å². The first kappa shape index (κ1) is 13.4. The number of hydrogen-bond acceptors (Lipinski definition) is 5. The molecular weight excluding hydrogens is 242 g/mol. The fourth-order valence-electron chi connectivity index (χ4n) is 1.38. The van der Waals surface area contributed by atoms with Gasteiger partial charge in [0.25, 0.3) is 5.91 Å². The Kier molecular flexibility index (Phi) is 4.06. The Labute approximate surface area is 103 Å². The van der Waals surface area contributed by atoms with E-state index in [1.54, 1.807) is 20.8 Å². The van der Waals surface area contributed by atoms with Crippen LogP contribution in [0.15, 0.2) is 0 Å². The highest BCUT2D eigenvalue weighted by molar-refractivity contribution is 7.17. The lowest BCUT2D eigenvalue weighted by atomic mass is 10.2. The van der Waals surface area contributed by atoms with Crippen LogP contribution in [-0.2, 0) is 4.79 Å². The topological polar surface area (TPSA) is 96.5 Å². The molecule has 1 amide bonds. The molecule has 1 aromatic heterocycles. The molecular formula is C10H15N3O3S. The summed E-state index contributed by atoms with van der Waals surface area (Å²) in [5.74, 6) is -1.38. The molecule has 17 heavy (non-hydrogen) atoms. The van der Waals surface area contributed by atoms with Gasteiger partial charge in [0.1, 0.15) is 11.4 Å². The van der Waals surface area contributed by atoms with E-state index in [0.717, 1.165) is 11.3 Å². The van der Waals surface area contributed by atoms with Crippen molar-refractivity contribution in [1.82, 2.24) is 9.88 Å². The summed E-state index contributed by atoms with van der Waals surface area (Å²) >= 11 is 1.08. The van der Waals surface area contributed by atoms with Crippen molar-refractivity contribution in [1.29, 1.82) is 0 Å². The minimum Gasteiger partial charge on any atom is -0.480 e. The van der Waals surface area contributed by atoms with E-state index in [1.807, 2.05) is 0 Å². The number of carbonyl (C=O) groups excluding carboxylic acids is 1. The third kappa shape index (κ3) is 3.16. The number of hydrogen-bond donors (Lipinski definition) is 2. The predicted octanol–water partition coefficient (Wildman–Crippen LogP) is 0.969. The van der Waals surface area contributed by atoms with Crippen molar-refractivity contribution in [2.24, 2.45) is 0 Å². The van der Waals surface area contributed by atoms with Gasteiger partial charge in [-0.05, 0) is 20.8 Å². The molecule has 6 nitrogen and oxygen atoms in total. The molecule has 0 saturated heterocycles. The van der Waals surface area contributed by atoms with Crippen molar-refractivity contribution in [2.75, 3.05) is 12.3 Å². The highest BCUT2D eigenvalue weighted by Gasteiger charge is 2.24. The number of nitrogens with zero attached hydrogens (tertiary/aromatic N) is 2. The van der Waals surface area contributed by atoms with Crippen LogP contribution in [0.4, 0.5) is 5.13 Å². The number of carbonyl (C=O) groups is 2. The maximum Gasteiger partial charge on any atom is 0.323 e. The summed E-state index contributed by atoms with van der Waals surface area (Å²) < 4.78 is 0. The van der Waals surface area contributed by atoms with E-state index in [0.29, 0.717) is 15.7 Å². The number of aryl methyl sites for hydroxylation is 1. The van der Waals surface area contributed by atoms with Gasteiger partial charge < -0.3 is 15.7 Å². The molecule has 0 saturated carbocycles. The molecule has 0 atom stereocenters. The summed E-state index contributed by atoms with van der Waals surface area (Å²) in [7, 11) is 0. The van der Waals surface area contributed by atoms with Crippen molar-refractivity contribution in [3.8, 4) is 0 Å². The Hall–Kier alpha value is -1.63. The number of carboxylic acids is 1. The highest BCUT2D eigenvalue weighted by atomic mass is 32.1. The van der Waals surface area contributed by atoms with Gasteiger partial charge in [0, 0.05) is 6.04 Å². The van der Waals surface area contributed by atoms with Gasteiger partial charge >= 0.3 is 5.97 Å². The van der Waals surface area contributed by atoms with Gasteiger partial charge in [-0.3, -0.25) is 9.59 Å². The fraction of sp³-hybridized carbons (Fsp3) is 0.500. The van der Waals surface area contributed by atoms with Gasteiger partial charge in [-0.2, -0.15) is 0 Å². The van der Waals surface area contributed by atoms with Gasteiger partial charge in [0.2, 0.25) is 0 Å². The first-order valence-corrected chi connectivity index (χ1v) is 5.90. The minimum atomic E-state index is -1.04. The molecule has 1 heterocycles. The molecule has 0 aromatic carbocycles. The van der Waals surface area contributed by atoms with E-state index in [1.165, 1.54) is 4.90 Å². The molecule has 0 spiro atoms. The van der Waals surface area contributed by atoms with Crippen LogP contribution in [-0.4, -0.2) is 39.5 Å². The smallest absolute Gasteiger partial charge is 0.323 e. The molecule has 94 valence electrons. The average molecular weight is 257 g/mol.